The maximum atomic E-state index is 12.6. The Morgan fingerprint density at radius 2 is 1.92 bits per heavy atom. The van der Waals surface area contributed by atoms with E-state index in [1.165, 1.54) is 31.5 Å². The predicted octanol–water partition coefficient (Wildman–Crippen LogP) is 3.02. The molecule has 1 aliphatic rings. The number of hydrogen-bond acceptors (Lipinski definition) is 5. The number of aromatic nitrogens is 3. The average molecular weight is 352 g/mol. The maximum Gasteiger partial charge on any atom is 0.264 e. The largest absolute Gasteiger partial charge is 0.419 e. The van der Waals surface area contributed by atoms with E-state index in [0.717, 1.165) is 25.7 Å². The standard InChI is InChI=1S/C16H24N4O3S/c1-2-15-18-19-16(23-15)14-10-13(11-17-14)24(21,22)20-12-8-6-4-3-5-7-9-12/h10-12,17,20H,2-9H2,1H3. The minimum Gasteiger partial charge on any atom is -0.419 e. The lowest BCUT2D eigenvalue weighted by atomic mass is 9.97. The Hall–Kier alpha value is -1.67. The molecule has 7 nitrogen and oxygen atoms in total. The number of sulfonamides is 1. The summed E-state index contributed by atoms with van der Waals surface area (Å²) >= 11 is 0. The van der Waals surface area contributed by atoms with Crippen LogP contribution in [0.4, 0.5) is 0 Å². The minimum absolute atomic E-state index is 0.0174. The molecule has 0 unspecified atom stereocenters. The zero-order chi connectivity index (χ0) is 17.0. The molecule has 0 aliphatic heterocycles. The van der Waals surface area contributed by atoms with Gasteiger partial charge in [0, 0.05) is 18.7 Å². The second-order valence-corrected chi connectivity index (χ2v) is 7.98. The molecule has 0 amide bonds. The van der Waals surface area contributed by atoms with Crippen molar-refractivity contribution in [1.29, 1.82) is 0 Å². The molecule has 1 saturated carbocycles. The molecule has 1 aliphatic carbocycles. The van der Waals surface area contributed by atoms with Crippen molar-refractivity contribution < 1.29 is 12.8 Å². The Morgan fingerprint density at radius 1 is 1.21 bits per heavy atom. The van der Waals surface area contributed by atoms with Crippen molar-refractivity contribution >= 4 is 10.0 Å². The van der Waals surface area contributed by atoms with Crippen LogP contribution in [0.25, 0.3) is 11.6 Å². The van der Waals surface area contributed by atoms with Crippen LogP contribution in [0.15, 0.2) is 21.6 Å². The van der Waals surface area contributed by atoms with E-state index >= 15 is 0 Å². The van der Waals surface area contributed by atoms with Crippen LogP contribution in [0, 0.1) is 0 Å². The van der Waals surface area contributed by atoms with Gasteiger partial charge in [-0.3, -0.25) is 0 Å². The van der Waals surface area contributed by atoms with Crippen LogP contribution in [-0.4, -0.2) is 29.6 Å². The SMILES string of the molecule is CCc1nnc(-c2cc(S(=O)(=O)NC3CCCCCCC3)c[nH]2)o1. The second-order valence-electron chi connectivity index (χ2n) is 6.27. The molecular formula is C16H24N4O3S. The van der Waals surface area contributed by atoms with Crippen LogP contribution >= 0.6 is 0 Å². The van der Waals surface area contributed by atoms with Gasteiger partial charge in [-0.25, -0.2) is 13.1 Å². The van der Waals surface area contributed by atoms with Crippen molar-refractivity contribution in [3.8, 4) is 11.6 Å². The molecule has 24 heavy (non-hydrogen) atoms. The Morgan fingerprint density at radius 3 is 2.58 bits per heavy atom. The highest BCUT2D eigenvalue weighted by Crippen LogP contribution is 2.23. The highest BCUT2D eigenvalue weighted by Gasteiger charge is 2.23. The van der Waals surface area contributed by atoms with Crippen molar-refractivity contribution in [3.05, 3.63) is 18.2 Å². The van der Waals surface area contributed by atoms with Gasteiger partial charge in [-0.05, 0) is 18.9 Å². The van der Waals surface area contributed by atoms with Gasteiger partial charge in [-0.15, -0.1) is 10.2 Å². The van der Waals surface area contributed by atoms with Gasteiger partial charge in [0.15, 0.2) is 0 Å². The quantitative estimate of drug-likeness (QED) is 0.861. The van der Waals surface area contributed by atoms with E-state index in [-0.39, 0.29) is 10.9 Å². The third kappa shape index (κ3) is 4.05. The maximum absolute atomic E-state index is 12.6. The van der Waals surface area contributed by atoms with E-state index in [9.17, 15) is 8.42 Å². The van der Waals surface area contributed by atoms with E-state index in [0.29, 0.717) is 23.9 Å². The topological polar surface area (TPSA) is 101 Å². The summed E-state index contributed by atoms with van der Waals surface area (Å²) in [4.78, 5) is 3.11. The fraction of sp³-hybridized carbons (Fsp3) is 0.625. The summed E-state index contributed by atoms with van der Waals surface area (Å²) in [5.41, 5.74) is 0.514. The molecule has 2 aromatic rings. The number of nitrogens with zero attached hydrogens (tertiary/aromatic N) is 2. The summed E-state index contributed by atoms with van der Waals surface area (Å²) < 4.78 is 33.5. The molecular weight excluding hydrogens is 328 g/mol. The summed E-state index contributed by atoms with van der Waals surface area (Å²) in [6.45, 7) is 1.92. The number of nitrogens with one attached hydrogen (secondary N) is 2. The smallest absolute Gasteiger partial charge is 0.264 e. The molecule has 3 rings (SSSR count). The summed E-state index contributed by atoms with van der Waals surface area (Å²) in [6, 6.07) is 1.56. The van der Waals surface area contributed by atoms with Gasteiger partial charge < -0.3 is 9.40 Å². The second kappa shape index (κ2) is 7.48. The lowest BCUT2D eigenvalue weighted by Gasteiger charge is -2.20. The predicted molar refractivity (Wildman–Crippen MR) is 89.9 cm³/mol. The summed E-state index contributed by atoms with van der Waals surface area (Å²) in [7, 11) is -3.55. The normalized spacial score (nSPS) is 17.5. The van der Waals surface area contributed by atoms with Crippen molar-refractivity contribution in [3.63, 3.8) is 0 Å². The Labute approximate surface area is 142 Å². The van der Waals surface area contributed by atoms with E-state index < -0.39 is 10.0 Å². The molecule has 0 radical (unpaired) electrons. The van der Waals surface area contributed by atoms with Gasteiger partial charge in [0.25, 0.3) is 5.89 Å². The highest BCUT2D eigenvalue weighted by atomic mass is 32.2. The summed E-state index contributed by atoms with van der Waals surface area (Å²) in [6.07, 6.45) is 9.69. The third-order valence-electron chi connectivity index (χ3n) is 4.39. The van der Waals surface area contributed by atoms with Crippen molar-refractivity contribution in [1.82, 2.24) is 19.9 Å². The Balaban J connectivity index is 1.72. The first-order chi connectivity index (χ1) is 11.6. The minimum atomic E-state index is -3.55. The van der Waals surface area contributed by atoms with Crippen molar-refractivity contribution in [2.45, 2.75) is 69.2 Å². The van der Waals surface area contributed by atoms with Gasteiger partial charge in [0.05, 0.1) is 0 Å². The molecule has 132 valence electrons. The van der Waals surface area contributed by atoms with Gasteiger partial charge in [-0.1, -0.05) is 39.0 Å². The Kier molecular flexibility index (Phi) is 5.35. The van der Waals surface area contributed by atoms with Crippen LogP contribution < -0.4 is 4.72 Å². The van der Waals surface area contributed by atoms with Crippen molar-refractivity contribution in [2.24, 2.45) is 0 Å². The molecule has 0 spiro atoms. The van der Waals surface area contributed by atoms with Crippen LogP contribution in [0.2, 0.25) is 0 Å². The first kappa shape index (κ1) is 17.2. The van der Waals surface area contributed by atoms with Crippen LogP contribution in [0.3, 0.4) is 0 Å². The number of rotatable bonds is 5. The molecule has 0 aromatic carbocycles. The zero-order valence-electron chi connectivity index (χ0n) is 13.9. The van der Waals surface area contributed by atoms with Crippen molar-refractivity contribution in [2.75, 3.05) is 0 Å². The number of aryl methyl sites for hydroxylation is 1. The van der Waals surface area contributed by atoms with Crippen LogP contribution in [0.1, 0.15) is 57.8 Å². The summed E-state index contributed by atoms with van der Waals surface area (Å²) in [5, 5.41) is 7.82. The van der Waals surface area contributed by atoms with E-state index in [2.05, 4.69) is 19.9 Å². The molecule has 0 bridgehead atoms. The molecule has 2 N–H and O–H groups in total. The van der Waals surface area contributed by atoms with E-state index in [4.69, 9.17) is 4.42 Å². The van der Waals surface area contributed by atoms with Gasteiger partial charge in [0.2, 0.25) is 15.9 Å². The van der Waals surface area contributed by atoms with Gasteiger partial charge in [0.1, 0.15) is 10.6 Å². The fourth-order valence-electron chi connectivity index (χ4n) is 3.02. The van der Waals surface area contributed by atoms with Crippen LogP contribution in [-0.2, 0) is 16.4 Å². The first-order valence-corrected chi connectivity index (χ1v) is 10.1. The lowest BCUT2D eigenvalue weighted by Crippen LogP contribution is -2.35. The van der Waals surface area contributed by atoms with Gasteiger partial charge in [-0.2, -0.15) is 0 Å². The summed E-state index contributed by atoms with van der Waals surface area (Å²) in [5.74, 6) is 0.830. The van der Waals surface area contributed by atoms with Crippen LogP contribution in [0.5, 0.6) is 0 Å². The van der Waals surface area contributed by atoms with E-state index in [1.54, 1.807) is 0 Å². The third-order valence-corrected chi connectivity index (χ3v) is 5.89. The first-order valence-electron chi connectivity index (χ1n) is 8.62. The molecule has 2 aromatic heterocycles. The molecule has 2 heterocycles. The van der Waals surface area contributed by atoms with Gasteiger partial charge >= 0.3 is 0 Å². The zero-order valence-corrected chi connectivity index (χ0v) is 14.7. The molecule has 0 atom stereocenters. The number of hydrogen-bond donors (Lipinski definition) is 2. The highest BCUT2D eigenvalue weighted by molar-refractivity contribution is 7.89. The molecule has 8 heteroatoms. The lowest BCUT2D eigenvalue weighted by molar-refractivity contribution is 0.426. The molecule has 1 fully saturated rings. The fourth-order valence-corrected chi connectivity index (χ4v) is 4.32. The average Bonchev–Trinajstić information content (AvgIpc) is 3.18. The number of H-pyrrole nitrogens is 1. The Bertz CT molecular complexity index is 758. The molecule has 0 saturated heterocycles. The number of aromatic amines is 1. The van der Waals surface area contributed by atoms with E-state index in [1.807, 2.05) is 6.92 Å². The monoisotopic (exact) mass is 352 g/mol.